The molecule has 0 saturated carbocycles. The SMILES string of the molecule is O=C(NCc1ncn[nH]1)NC1C=CC(C(=O)O)C1. The van der Waals surface area contributed by atoms with Gasteiger partial charge in [-0.1, -0.05) is 12.2 Å². The smallest absolute Gasteiger partial charge is 0.315 e. The summed E-state index contributed by atoms with van der Waals surface area (Å²) in [6.45, 7) is 0.241. The van der Waals surface area contributed by atoms with Crippen LogP contribution in [0.15, 0.2) is 18.5 Å². The van der Waals surface area contributed by atoms with Crippen LogP contribution < -0.4 is 10.6 Å². The van der Waals surface area contributed by atoms with E-state index in [0.29, 0.717) is 12.2 Å². The van der Waals surface area contributed by atoms with Crippen LogP contribution >= 0.6 is 0 Å². The summed E-state index contributed by atoms with van der Waals surface area (Å²) in [5.41, 5.74) is 0. The van der Waals surface area contributed by atoms with Gasteiger partial charge in [0.15, 0.2) is 0 Å². The molecule has 1 aromatic rings. The number of nitrogens with one attached hydrogen (secondary N) is 3. The molecule has 2 amide bonds. The Hall–Kier alpha value is -2.38. The number of hydrogen-bond acceptors (Lipinski definition) is 4. The molecule has 8 nitrogen and oxygen atoms in total. The van der Waals surface area contributed by atoms with E-state index in [1.807, 2.05) is 0 Å². The highest BCUT2D eigenvalue weighted by Crippen LogP contribution is 2.17. The van der Waals surface area contributed by atoms with Gasteiger partial charge in [0.05, 0.1) is 18.5 Å². The lowest BCUT2D eigenvalue weighted by Crippen LogP contribution is -2.40. The van der Waals surface area contributed by atoms with Crippen molar-refractivity contribution < 1.29 is 14.7 Å². The lowest BCUT2D eigenvalue weighted by molar-refractivity contribution is -0.140. The number of hydrogen-bond donors (Lipinski definition) is 4. The van der Waals surface area contributed by atoms with Crippen LogP contribution in [0.2, 0.25) is 0 Å². The summed E-state index contributed by atoms with van der Waals surface area (Å²) >= 11 is 0. The zero-order chi connectivity index (χ0) is 13.0. The van der Waals surface area contributed by atoms with Crippen molar-refractivity contribution in [3.8, 4) is 0 Å². The molecule has 1 aliphatic carbocycles. The maximum Gasteiger partial charge on any atom is 0.315 e. The molecule has 2 unspecified atom stereocenters. The van der Waals surface area contributed by atoms with E-state index < -0.39 is 11.9 Å². The van der Waals surface area contributed by atoms with Gasteiger partial charge in [-0.2, -0.15) is 5.10 Å². The van der Waals surface area contributed by atoms with Crippen molar-refractivity contribution in [3.05, 3.63) is 24.3 Å². The quantitative estimate of drug-likeness (QED) is 0.544. The second-order valence-corrected chi connectivity index (χ2v) is 3.93. The number of carboxylic acids is 1. The first kappa shape index (κ1) is 12.1. The van der Waals surface area contributed by atoms with Gasteiger partial charge in [-0.15, -0.1) is 0 Å². The average Bonchev–Trinajstić information content (AvgIpc) is 2.96. The minimum Gasteiger partial charge on any atom is -0.481 e. The van der Waals surface area contributed by atoms with Gasteiger partial charge in [-0.05, 0) is 6.42 Å². The van der Waals surface area contributed by atoms with Crippen molar-refractivity contribution in [2.75, 3.05) is 0 Å². The molecule has 18 heavy (non-hydrogen) atoms. The fourth-order valence-corrected chi connectivity index (χ4v) is 1.69. The molecule has 0 bridgehead atoms. The Kier molecular flexibility index (Phi) is 3.56. The molecule has 8 heteroatoms. The Morgan fingerprint density at radius 2 is 2.33 bits per heavy atom. The molecule has 0 aromatic carbocycles. The number of carbonyl (C=O) groups is 2. The molecule has 1 aliphatic rings. The first-order valence-electron chi connectivity index (χ1n) is 5.45. The lowest BCUT2D eigenvalue weighted by atomic mass is 10.1. The highest BCUT2D eigenvalue weighted by molar-refractivity contribution is 5.76. The van der Waals surface area contributed by atoms with E-state index >= 15 is 0 Å². The van der Waals surface area contributed by atoms with E-state index in [4.69, 9.17) is 5.11 Å². The summed E-state index contributed by atoms with van der Waals surface area (Å²) < 4.78 is 0. The number of rotatable bonds is 4. The summed E-state index contributed by atoms with van der Waals surface area (Å²) in [6.07, 6.45) is 5.01. The zero-order valence-corrected chi connectivity index (χ0v) is 9.46. The zero-order valence-electron chi connectivity index (χ0n) is 9.46. The van der Waals surface area contributed by atoms with Crippen LogP contribution in [0.3, 0.4) is 0 Å². The number of aliphatic carboxylic acids is 1. The number of carboxylic acid groups (broad SMARTS) is 1. The van der Waals surface area contributed by atoms with Crippen LogP contribution in [0.1, 0.15) is 12.2 Å². The molecule has 2 rings (SSSR count). The summed E-state index contributed by atoms with van der Waals surface area (Å²) in [5.74, 6) is -0.849. The highest BCUT2D eigenvalue weighted by Gasteiger charge is 2.25. The Morgan fingerprint density at radius 3 is 2.94 bits per heavy atom. The second-order valence-electron chi connectivity index (χ2n) is 3.93. The van der Waals surface area contributed by atoms with Crippen LogP contribution in [0.5, 0.6) is 0 Å². The Morgan fingerprint density at radius 1 is 1.50 bits per heavy atom. The Bertz CT molecular complexity index is 456. The maximum absolute atomic E-state index is 11.5. The number of urea groups is 1. The van der Waals surface area contributed by atoms with E-state index in [0.717, 1.165) is 0 Å². The van der Waals surface area contributed by atoms with Crippen molar-refractivity contribution in [1.82, 2.24) is 25.8 Å². The second kappa shape index (κ2) is 5.30. The molecule has 0 radical (unpaired) electrons. The molecule has 0 spiro atoms. The normalized spacial score (nSPS) is 21.8. The predicted octanol–water partition coefficient (Wildman–Crippen LogP) is -0.367. The average molecular weight is 251 g/mol. The molecule has 0 saturated heterocycles. The molecule has 0 fully saturated rings. The van der Waals surface area contributed by atoms with Gasteiger partial charge in [-0.25, -0.2) is 9.78 Å². The first-order valence-corrected chi connectivity index (χ1v) is 5.45. The standard InChI is InChI=1S/C10H13N5O3/c16-9(17)6-1-2-7(3-6)14-10(18)11-4-8-12-5-13-15-8/h1-2,5-7H,3-4H2,(H,16,17)(H2,11,14,18)(H,12,13,15). The van der Waals surface area contributed by atoms with Crippen molar-refractivity contribution in [1.29, 1.82) is 0 Å². The molecule has 1 heterocycles. The Balaban J connectivity index is 1.72. The topological polar surface area (TPSA) is 120 Å². The predicted molar refractivity (Wildman–Crippen MR) is 60.4 cm³/mol. The van der Waals surface area contributed by atoms with Crippen LogP contribution in [-0.4, -0.2) is 38.3 Å². The number of carbonyl (C=O) groups excluding carboxylic acids is 1. The van der Waals surface area contributed by atoms with E-state index in [9.17, 15) is 9.59 Å². The lowest BCUT2D eigenvalue weighted by Gasteiger charge is -2.12. The molecule has 1 aromatic heterocycles. The number of aromatic nitrogens is 3. The van der Waals surface area contributed by atoms with Crippen LogP contribution in [0.4, 0.5) is 4.79 Å². The molecule has 96 valence electrons. The molecule has 0 aliphatic heterocycles. The minimum atomic E-state index is -0.877. The monoisotopic (exact) mass is 251 g/mol. The third-order valence-electron chi connectivity index (χ3n) is 2.60. The van der Waals surface area contributed by atoms with Crippen LogP contribution in [0, 0.1) is 5.92 Å². The third-order valence-corrected chi connectivity index (χ3v) is 2.60. The van der Waals surface area contributed by atoms with Crippen LogP contribution in [-0.2, 0) is 11.3 Å². The minimum absolute atomic E-state index is 0.241. The maximum atomic E-state index is 11.5. The fraction of sp³-hybridized carbons (Fsp3) is 0.400. The van der Waals surface area contributed by atoms with Gasteiger partial charge in [0, 0.05) is 0 Å². The Labute approximate surface area is 102 Å². The summed E-state index contributed by atoms with van der Waals surface area (Å²) in [6, 6.07) is -0.618. The van der Waals surface area contributed by atoms with Crippen molar-refractivity contribution in [3.63, 3.8) is 0 Å². The van der Waals surface area contributed by atoms with Gasteiger partial charge in [0.25, 0.3) is 0 Å². The van der Waals surface area contributed by atoms with Gasteiger partial charge in [-0.3, -0.25) is 9.89 Å². The number of aromatic amines is 1. The fourth-order valence-electron chi connectivity index (χ4n) is 1.69. The van der Waals surface area contributed by atoms with E-state index in [1.54, 1.807) is 12.2 Å². The van der Waals surface area contributed by atoms with Crippen molar-refractivity contribution in [2.24, 2.45) is 5.92 Å². The van der Waals surface area contributed by atoms with Gasteiger partial charge >= 0.3 is 12.0 Å². The number of nitrogens with zero attached hydrogens (tertiary/aromatic N) is 2. The first-order chi connectivity index (χ1) is 8.65. The highest BCUT2D eigenvalue weighted by atomic mass is 16.4. The molecule has 4 N–H and O–H groups in total. The van der Waals surface area contributed by atoms with Crippen molar-refractivity contribution in [2.45, 2.75) is 19.0 Å². The largest absolute Gasteiger partial charge is 0.481 e. The third kappa shape index (κ3) is 3.06. The summed E-state index contributed by atoms with van der Waals surface area (Å²) in [5, 5.41) is 20.3. The summed E-state index contributed by atoms with van der Waals surface area (Å²) in [7, 11) is 0. The van der Waals surface area contributed by atoms with E-state index in [-0.39, 0.29) is 18.6 Å². The van der Waals surface area contributed by atoms with E-state index in [2.05, 4.69) is 25.8 Å². The van der Waals surface area contributed by atoms with Gasteiger partial charge in [0.1, 0.15) is 12.2 Å². The molecule has 2 atom stereocenters. The van der Waals surface area contributed by atoms with Gasteiger partial charge in [0.2, 0.25) is 0 Å². The molecular formula is C10H13N5O3. The van der Waals surface area contributed by atoms with Crippen LogP contribution in [0.25, 0.3) is 0 Å². The van der Waals surface area contributed by atoms with Gasteiger partial charge < -0.3 is 15.7 Å². The molecular weight excluding hydrogens is 238 g/mol. The van der Waals surface area contributed by atoms with Crippen molar-refractivity contribution >= 4 is 12.0 Å². The number of amides is 2. The van der Waals surface area contributed by atoms with E-state index in [1.165, 1.54) is 6.33 Å². The summed E-state index contributed by atoms with van der Waals surface area (Å²) in [4.78, 5) is 26.1. The number of H-pyrrole nitrogens is 1.